The maximum absolute atomic E-state index is 13.1. The minimum atomic E-state index is -4.70. The van der Waals surface area contributed by atoms with Crippen molar-refractivity contribution >= 4 is 5.78 Å². The van der Waals surface area contributed by atoms with Crippen molar-refractivity contribution in [2.24, 2.45) is 0 Å². The molecule has 0 amide bonds. The molecular weight excluding hydrogens is 264 g/mol. The number of carbonyl (C=O) groups is 1. The summed E-state index contributed by atoms with van der Waals surface area (Å²) in [4.78, 5) is 12.0. The van der Waals surface area contributed by atoms with E-state index in [1.165, 1.54) is 0 Å². The number of hydrogen-bond acceptors (Lipinski definition) is 2. The van der Waals surface area contributed by atoms with Crippen LogP contribution in [0.25, 0.3) is 0 Å². The normalized spacial score (nSPS) is 15.7. The predicted molar refractivity (Wildman–Crippen MR) is 59.0 cm³/mol. The van der Waals surface area contributed by atoms with Gasteiger partial charge in [0.05, 0.1) is 18.4 Å². The molecule has 1 aliphatic rings. The van der Waals surface area contributed by atoms with Crippen molar-refractivity contribution in [1.29, 1.82) is 0 Å². The van der Waals surface area contributed by atoms with Gasteiger partial charge in [0.2, 0.25) is 0 Å². The molecule has 1 heterocycles. The van der Waals surface area contributed by atoms with Crippen molar-refractivity contribution in [3.63, 3.8) is 0 Å². The molecule has 19 heavy (non-hydrogen) atoms. The summed E-state index contributed by atoms with van der Waals surface area (Å²) in [6.07, 6.45) is -2.67. The lowest BCUT2D eigenvalue weighted by atomic mass is 9.95. The summed E-state index contributed by atoms with van der Waals surface area (Å²) >= 11 is 0. The zero-order valence-electron chi connectivity index (χ0n) is 9.76. The van der Waals surface area contributed by atoms with Crippen molar-refractivity contribution in [1.82, 2.24) is 0 Å². The third-order valence-electron chi connectivity index (χ3n) is 2.76. The topological polar surface area (TPSA) is 26.3 Å². The van der Waals surface area contributed by atoms with E-state index in [0.717, 1.165) is 6.26 Å². The van der Waals surface area contributed by atoms with Gasteiger partial charge in [-0.25, -0.2) is 4.39 Å². The third-order valence-corrected chi connectivity index (χ3v) is 2.76. The molecule has 2 rings (SSSR count). The number of ketones is 1. The lowest BCUT2D eigenvalue weighted by molar-refractivity contribution is -0.137. The predicted octanol–water partition coefficient (Wildman–Crippen LogP) is 3.72. The van der Waals surface area contributed by atoms with Crippen molar-refractivity contribution in [2.75, 3.05) is 6.61 Å². The van der Waals surface area contributed by atoms with Crippen LogP contribution in [-0.4, -0.2) is 12.4 Å². The van der Waals surface area contributed by atoms with E-state index in [4.69, 9.17) is 4.74 Å². The van der Waals surface area contributed by atoms with Crippen LogP contribution < -0.4 is 0 Å². The van der Waals surface area contributed by atoms with Gasteiger partial charge in [-0.05, 0) is 31.0 Å². The first kappa shape index (κ1) is 13.6. The summed E-state index contributed by atoms with van der Waals surface area (Å²) < 4.78 is 56.4. The van der Waals surface area contributed by atoms with Crippen molar-refractivity contribution in [2.45, 2.75) is 19.0 Å². The highest BCUT2D eigenvalue weighted by Gasteiger charge is 2.36. The highest BCUT2D eigenvalue weighted by atomic mass is 19.4. The second-order valence-corrected chi connectivity index (χ2v) is 4.13. The number of Topliss-reactive ketones (excluding diaryl/α,β-unsaturated/α-hetero) is 1. The van der Waals surface area contributed by atoms with Crippen LogP contribution >= 0.6 is 0 Å². The molecule has 0 aliphatic carbocycles. The molecule has 0 saturated carbocycles. The van der Waals surface area contributed by atoms with Crippen molar-refractivity contribution in [3.8, 4) is 0 Å². The number of halogens is 4. The highest BCUT2D eigenvalue weighted by molar-refractivity contribution is 6.09. The van der Waals surface area contributed by atoms with Crippen LogP contribution in [0, 0.1) is 5.82 Å². The molecule has 0 aromatic heterocycles. The number of allylic oxidation sites excluding steroid dienone is 1. The third kappa shape index (κ3) is 2.94. The van der Waals surface area contributed by atoms with Crippen LogP contribution in [0.1, 0.15) is 28.8 Å². The molecule has 2 nitrogen and oxygen atoms in total. The van der Waals surface area contributed by atoms with Crippen LogP contribution in [0.5, 0.6) is 0 Å². The number of ether oxygens (including phenoxy) is 1. The van der Waals surface area contributed by atoms with E-state index in [9.17, 15) is 22.4 Å². The Hall–Kier alpha value is -1.85. The Morgan fingerprint density at radius 2 is 2.00 bits per heavy atom. The van der Waals surface area contributed by atoms with E-state index < -0.39 is 28.9 Å². The molecule has 0 N–H and O–H groups in total. The Bertz CT molecular complexity index is 532. The average molecular weight is 274 g/mol. The molecule has 1 aromatic carbocycles. The summed E-state index contributed by atoms with van der Waals surface area (Å²) in [5.74, 6) is -1.72. The highest BCUT2D eigenvalue weighted by Crippen LogP contribution is 2.34. The smallest absolute Gasteiger partial charge is 0.417 e. The van der Waals surface area contributed by atoms with E-state index in [2.05, 4.69) is 0 Å². The van der Waals surface area contributed by atoms with Gasteiger partial charge in [-0.15, -0.1) is 0 Å². The van der Waals surface area contributed by atoms with Gasteiger partial charge in [-0.1, -0.05) is 0 Å². The molecule has 0 atom stereocenters. The molecule has 0 saturated heterocycles. The second-order valence-electron chi connectivity index (χ2n) is 4.13. The fourth-order valence-electron chi connectivity index (χ4n) is 1.86. The van der Waals surface area contributed by atoms with Gasteiger partial charge in [0.25, 0.3) is 0 Å². The first-order chi connectivity index (χ1) is 8.89. The molecule has 1 aromatic rings. The van der Waals surface area contributed by atoms with Gasteiger partial charge in [-0.2, -0.15) is 13.2 Å². The molecule has 0 fully saturated rings. The summed E-state index contributed by atoms with van der Waals surface area (Å²) in [5.41, 5.74) is -1.68. The lowest BCUT2D eigenvalue weighted by Gasteiger charge is -2.16. The van der Waals surface area contributed by atoms with Gasteiger partial charge in [-0.3, -0.25) is 4.79 Å². The van der Waals surface area contributed by atoms with Gasteiger partial charge >= 0.3 is 6.18 Å². The molecule has 0 bridgehead atoms. The largest absolute Gasteiger partial charge is 0.501 e. The molecule has 1 aliphatic heterocycles. The summed E-state index contributed by atoms with van der Waals surface area (Å²) in [5, 5.41) is 0. The number of carbonyl (C=O) groups excluding carboxylic acids is 1. The van der Waals surface area contributed by atoms with Crippen LogP contribution in [0.2, 0.25) is 0 Å². The molecular formula is C13H10F4O2. The molecule has 6 heteroatoms. The van der Waals surface area contributed by atoms with E-state index in [1.54, 1.807) is 0 Å². The number of rotatable bonds is 2. The van der Waals surface area contributed by atoms with Crippen LogP contribution in [0.3, 0.4) is 0 Å². The monoisotopic (exact) mass is 274 g/mol. The standard InChI is InChI=1S/C13H10F4O2/c14-9-3-4-11(13(15,16)17)10(6-9)12(18)8-2-1-5-19-7-8/h3-4,6-7H,1-2,5H2. The first-order valence-corrected chi connectivity index (χ1v) is 5.61. The van der Waals surface area contributed by atoms with Crippen LogP contribution in [0.4, 0.5) is 17.6 Å². The Kier molecular flexibility index (Phi) is 3.59. The van der Waals surface area contributed by atoms with Gasteiger partial charge in [0, 0.05) is 11.1 Å². The minimum absolute atomic E-state index is 0.127. The zero-order chi connectivity index (χ0) is 14.0. The van der Waals surface area contributed by atoms with Crippen LogP contribution in [0.15, 0.2) is 30.0 Å². The quantitative estimate of drug-likeness (QED) is 0.607. The average Bonchev–Trinajstić information content (AvgIpc) is 2.37. The zero-order valence-corrected chi connectivity index (χ0v) is 9.76. The van der Waals surface area contributed by atoms with Gasteiger partial charge in [0.1, 0.15) is 5.82 Å². The molecule has 0 spiro atoms. The second kappa shape index (κ2) is 5.03. The number of hydrogen-bond donors (Lipinski definition) is 0. The summed E-state index contributed by atoms with van der Waals surface area (Å²) in [7, 11) is 0. The Balaban J connectivity index is 2.45. The Morgan fingerprint density at radius 3 is 2.58 bits per heavy atom. The SMILES string of the molecule is O=C(C1=COCCC1)c1cc(F)ccc1C(F)(F)F. The van der Waals surface area contributed by atoms with E-state index in [-0.39, 0.29) is 5.57 Å². The van der Waals surface area contributed by atoms with Gasteiger partial charge in [0.15, 0.2) is 5.78 Å². The van der Waals surface area contributed by atoms with E-state index in [1.807, 2.05) is 0 Å². The molecule has 0 unspecified atom stereocenters. The maximum Gasteiger partial charge on any atom is 0.417 e. The maximum atomic E-state index is 13.1. The van der Waals surface area contributed by atoms with E-state index in [0.29, 0.717) is 37.6 Å². The number of benzene rings is 1. The van der Waals surface area contributed by atoms with Gasteiger partial charge < -0.3 is 4.74 Å². The lowest BCUT2D eigenvalue weighted by Crippen LogP contribution is -2.16. The Morgan fingerprint density at radius 1 is 1.26 bits per heavy atom. The molecule has 0 radical (unpaired) electrons. The fraction of sp³-hybridized carbons (Fsp3) is 0.308. The van der Waals surface area contributed by atoms with Crippen molar-refractivity contribution < 1.29 is 27.1 Å². The molecule has 102 valence electrons. The summed E-state index contributed by atoms with van der Waals surface area (Å²) in [6, 6.07) is 1.87. The summed E-state index contributed by atoms with van der Waals surface area (Å²) in [6.45, 7) is 0.423. The first-order valence-electron chi connectivity index (χ1n) is 5.61. The minimum Gasteiger partial charge on any atom is -0.501 e. The fourth-order valence-corrected chi connectivity index (χ4v) is 1.86. The van der Waals surface area contributed by atoms with Crippen molar-refractivity contribution in [3.05, 3.63) is 47.0 Å². The van der Waals surface area contributed by atoms with E-state index >= 15 is 0 Å². The number of alkyl halides is 3. The van der Waals surface area contributed by atoms with Crippen LogP contribution in [-0.2, 0) is 10.9 Å². The Labute approximate surface area is 106 Å².